The lowest BCUT2D eigenvalue weighted by Gasteiger charge is -2.37. The van der Waals surface area contributed by atoms with E-state index in [2.05, 4.69) is 26.7 Å². The third kappa shape index (κ3) is 3.83. The number of nitrogen functional groups attached to an aromatic ring is 1. The van der Waals surface area contributed by atoms with E-state index in [0.717, 1.165) is 29.1 Å². The summed E-state index contributed by atoms with van der Waals surface area (Å²) in [7, 11) is 0. The highest BCUT2D eigenvalue weighted by molar-refractivity contribution is 5.83. The van der Waals surface area contributed by atoms with E-state index in [-0.39, 0.29) is 12.4 Å². The van der Waals surface area contributed by atoms with Crippen LogP contribution in [0.2, 0.25) is 0 Å². The minimum atomic E-state index is -2.85. The smallest absolute Gasteiger partial charge is 0.260 e. The zero-order valence-corrected chi connectivity index (χ0v) is 19.6. The summed E-state index contributed by atoms with van der Waals surface area (Å²) in [5.41, 5.74) is 7.82. The normalized spacial score (nSPS) is 27.3. The van der Waals surface area contributed by atoms with E-state index in [1.54, 1.807) is 17.3 Å². The van der Waals surface area contributed by atoms with Crippen LogP contribution in [0.15, 0.2) is 12.4 Å². The number of nitrogens with two attached hydrogens (primary N) is 1. The average Bonchev–Trinajstić information content (AvgIpc) is 3.17. The van der Waals surface area contributed by atoms with Gasteiger partial charge in [0.1, 0.15) is 11.7 Å². The number of nitrogens with zero attached hydrogens (tertiary/aromatic N) is 7. The van der Waals surface area contributed by atoms with Crippen LogP contribution in [0.3, 0.4) is 0 Å². The number of hydrogen-bond donors (Lipinski definition) is 1. The molecule has 2 N–H and O–H groups in total. The fraction of sp³-hybridized carbons (Fsp3) is 0.609. The molecule has 1 saturated carbocycles. The maximum atomic E-state index is 13.5. The van der Waals surface area contributed by atoms with Crippen molar-refractivity contribution in [1.29, 1.82) is 0 Å². The average molecular weight is 487 g/mol. The molecule has 0 spiro atoms. The molecule has 6 rings (SSSR count). The highest BCUT2D eigenvalue weighted by atomic mass is 19.3. The van der Waals surface area contributed by atoms with E-state index in [4.69, 9.17) is 20.4 Å². The Morgan fingerprint density at radius 3 is 2.54 bits per heavy atom. The van der Waals surface area contributed by atoms with Gasteiger partial charge in [0.15, 0.2) is 0 Å². The molecule has 0 unspecified atom stereocenters. The lowest BCUT2D eigenvalue weighted by molar-refractivity contribution is -0.133. The number of anilines is 3. The van der Waals surface area contributed by atoms with Gasteiger partial charge in [-0.3, -0.25) is 4.79 Å². The Balaban J connectivity index is 1.35. The summed E-state index contributed by atoms with van der Waals surface area (Å²) in [5.74, 6) is -2.83. The number of likely N-dealkylation sites (tertiary alicyclic amines) is 1. The summed E-state index contributed by atoms with van der Waals surface area (Å²) in [6, 6.07) is 0. The van der Waals surface area contributed by atoms with Crippen molar-refractivity contribution in [3.63, 3.8) is 0 Å². The molecule has 12 heteroatoms. The number of morpholine rings is 1. The molecule has 186 valence electrons. The fourth-order valence-electron chi connectivity index (χ4n) is 5.43. The second-order valence-electron chi connectivity index (χ2n) is 10.0. The quantitative estimate of drug-likeness (QED) is 0.684. The number of hydrogen-bond acceptors (Lipinski definition) is 9. The summed E-state index contributed by atoms with van der Waals surface area (Å²) in [6.45, 7) is 6.23. The molecule has 4 aliphatic rings. The Hall–Kier alpha value is -3.15. The van der Waals surface area contributed by atoms with Gasteiger partial charge in [-0.1, -0.05) is 0 Å². The van der Waals surface area contributed by atoms with Crippen molar-refractivity contribution in [2.45, 2.75) is 37.6 Å². The number of rotatable bonds is 4. The molecule has 1 aliphatic carbocycles. The molecule has 2 aromatic heterocycles. The highest BCUT2D eigenvalue weighted by Gasteiger charge is 2.63. The third-order valence-electron chi connectivity index (χ3n) is 7.59. The van der Waals surface area contributed by atoms with Gasteiger partial charge in [0.05, 0.1) is 24.4 Å². The minimum Gasteiger partial charge on any atom is -0.378 e. The summed E-state index contributed by atoms with van der Waals surface area (Å²) < 4.78 is 32.6. The number of aromatic nitrogens is 4. The summed E-state index contributed by atoms with van der Waals surface area (Å²) >= 11 is 0. The molecule has 2 saturated heterocycles. The van der Waals surface area contributed by atoms with Gasteiger partial charge in [-0.05, 0) is 19.8 Å². The molecule has 2 atom stereocenters. The Morgan fingerprint density at radius 2 is 1.86 bits per heavy atom. The van der Waals surface area contributed by atoms with Gasteiger partial charge in [0.2, 0.25) is 17.8 Å². The number of halogens is 2. The van der Waals surface area contributed by atoms with Gasteiger partial charge < -0.3 is 25.2 Å². The van der Waals surface area contributed by atoms with Crippen LogP contribution in [0, 0.1) is 5.92 Å². The van der Waals surface area contributed by atoms with Crippen molar-refractivity contribution in [3.8, 4) is 11.3 Å². The van der Waals surface area contributed by atoms with Crippen molar-refractivity contribution in [2.75, 3.05) is 61.5 Å². The molecule has 1 amide bonds. The van der Waals surface area contributed by atoms with Crippen LogP contribution in [0.5, 0.6) is 0 Å². The Bertz CT molecular complexity index is 1160. The lowest BCUT2D eigenvalue weighted by atomic mass is 9.99. The highest BCUT2D eigenvalue weighted by Crippen LogP contribution is 2.50. The molecule has 10 nitrogen and oxygen atoms in total. The molecule has 2 aromatic rings. The standard InChI is InChI=1S/C23H28F2N8O2/c1-22(3-5-32(13-22)19(34)16-10-23(16,24)25)33-4-2-15-17(14-11-27-20(26)28-12-14)29-21(30-18(15)33)31-6-8-35-9-7-31/h11-12,16H,2-10,13H2,1H3,(H2,26,27,28)/t16-,22+/m1/s1. The van der Waals surface area contributed by atoms with Gasteiger partial charge in [-0.2, -0.15) is 4.98 Å². The number of amides is 1. The van der Waals surface area contributed by atoms with Crippen LogP contribution in [0.1, 0.15) is 25.3 Å². The van der Waals surface area contributed by atoms with Gasteiger partial charge in [0, 0.05) is 62.7 Å². The first kappa shape index (κ1) is 22.3. The second-order valence-corrected chi connectivity index (χ2v) is 10.0. The molecule has 3 aliphatic heterocycles. The first-order valence-electron chi connectivity index (χ1n) is 12.0. The Kier molecular flexibility index (Phi) is 5.06. The van der Waals surface area contributed by atoms with Crippen molar-refractivity contribution < 1.29 is 18.3 Å². The maximum absolute atomic E-state index is 13.5. The third-order valence-corrected chi connectivity index (χ3v) is 7.59. The Morgan fingerprint density at radius 1 is 1.14 bits per heavy atom. The zero-order valence-electron chi connectivity index (χ0n) is 19.6. The van der Waals surface area contributed by atoms with Gasteiger partial charge in [-0.15, -0.1) is 0 Å². The van der Waals surface area contributed by atoms with E-state index in [1.165, 1.54) is 0 Å². The molecular weight excluding hydrogens is 458 g/mol. The fourth-order valence-corrected chi connectivity index (χ4v) is 5.43. The van der Waals surface area contributed by atoms with Crippen molar-refractivity contribution in [1.82, 2.24) is 24.8 Å². The predicted octanol–water partition coefficient (Wildman–Crippen LogP) is 1.36. The number of alkyl halides is 2. The van der Waals surface area contributed by atoms with Crippen LogP contribution in [-0.4, -0.2) is 88.1 Å². The van der Waals surface area contributed by atoms with Crippen molar-refractivity contribution in [2.24, 2.45) is 5.92 Å². The summed E-state index contributed by atoms with van der Waals surface area (Å²) in [6.07, 6.45) is 4.42. The van der Waals surface area contributed by atoms with E-state index in [9.17, 15) is 13.6 Å². The SMILES string of the molecule is C[C@]1(N2CCc3c(-c4cnc(N)nc4)nc(N4CCOCC4)nc32)CCN(C(=O)[C@H]2CC2(F)F)C1. The van der Waals surface area contributed by atoms with Crippen LogP contribution < -0.4 is 15.5 Å². The summed E-state index contributed by atoms with van der Waals surface area (Å²) in [4.78, 5) is 36.8. The van der Waals surface area contributed by atoms with Crippen molar-refractivity contribution in [3.05, 3.63) is 18.0 Å². The molecule has 3 fully saturated rings. The van der Waals surface area contributed by atoms with E-state index in [1.807, 2.05) is 0 Å². The van der Waals surface area contributed by atoms with Crippen LogP contribution in [0.4, 0.5) is 26.5 Å². The molecule has 0 aromatic carbocycles. The monoisotopic (exact) mass is 486 g/mol. The van der Waals surface area contributed by atoms with E-state index in [0.29, 0.717) is 58.3 Å². The topological polar surface area (TPSA) is 114 Å². The molecule has 0 radical (unpaired) electrons. The first-order valence-corrected chi connectivity index (χ1v) is 12.0. The lowest BCUT2D eigenvalue weighted by Crippen LogP contribution is -2.49. The van der Waals surface area contributed by atoms with E-state index < -0.39 is 23.3 Å². The van der Waals surface area contributed by atoms with Crippen molar-refractivity contribution >= 4 is 23.6 Å². The van der Waals surface area contributed by atoms with Crippen LogP contribution in [0.25, 0.3) is 11.3 Å². The van der Waals surface area contributed by atoms with Crippen LogP contribution >= 0.6 is 0 Å². The van der Waals surface area contributed by atoms with Gasteiger partial charge in [-0.25, -0.2) is 23.7 Å². The molecular formula is C23H28F2N8O2. The number of fused-ring (bicyclic) bond motifs is 1. The second kappa shape index (κ2) is 7.94. The number of carbonyl (C=O) groups excluding carboxylic acids is 1. The van der Waals surface area contributed by atoms with Gasteiger partial charge in [0.25, 0.3) is 5.92 Å². The predicted molar refractivity (Wildman–Crippen MR) is 124 cm³/mol. The van der Waals surface area contributed by atoms with Gasteiger partial charge >= 0.3 is 0 Å². The maximum Gasteiger partial charge on any atom is 0.260 e. The Labute approximate surface area is 201 Å². The largest absolute Gasteiger partial charge is 0.378 e. The molecule has 5 heterocycles. The first-order chi connectivity index (χ1) is 16.7. The number of carbonyl (C=O) groups is 1. The zero-order chi connectivity index (χ0) is 24.4. The van der Waals surface area contributed by atoms with E-state index >= 15 is 0 Å². The number of ether oxygens (including phenoxy) is 1. The molecule has 35 heavy (non-hydrogen) atoms. The van der Waals surface area contributed by atoms with Crippen LogP contribution in [-0.2, 0) is 16.0 Å². The minimum absolute atomic E-state index is 0.193. The molecule has 0 bridgehead atoms. The summed E-state index contributed by atoms with van der Waals surface area (Å²) in [5, 5.41) is 0.